The number of nitrogens with two attached hydrogens (primary N) is 1. The molecule has 5 rings (SSSR count). The van der Waals surface area contributed by atoms with Gasteiger partial charge >= 0.3 is 0 Å². The van der Waals surface area contributed by atoms with E-state index in [2.05, 4.69) is 85.7 Å². The van der Waals surface area contributed by atoms with Crippen LogP contribution in [0.2, 0.25) is 0 Å². The number of para-hydroxylation sites is 1. The highest BCUT2D eigenvalue weighted by Gasteiger charge is 2.28. The molecule has 6 heteroatoms. The number of hydrogen-bond acceptors (Lipinski definition) is 6. The summed E-state index contributed by atoms with van der Waals surface area (Å²) in [5, 5.41) is 3.31. The van der Waals surface area contributed by atoms with Gasteiger partial charge in [0.25, 0.3) is 0 Å². The molecule has 2 heterocycles. The van der Waals surface area contributed by atoms with Crippen molar-refractivity contribution in [2.45, 2.75) is 6.04 Å². The topological polar surface area (TPSA) is 70.3 Å². The molecule has 0 atom stereocenters. The van der Waals surface area contributed by atoms with Crippen molar-refractivity contribution < 1.29 is 0 Å². The molecular formula is C27H28N6. The zero-order chi connectivity index (χ0) is 22.5. The van der Waals surface area contributed by atoms with Crippen molar-refractivity contribution in [2.75, 3.05) is 42.1 Å². The van der Waals surface area contributed by atoms with Gasteiger partial charge in [0.2, 0.25) is 0 Å². The predicted molar refractivity (Wildman–Crippen MR) is 135 cm³/mol. The molecule has 33 heavy (non-hydrogen) atoms. The highest BCUT2D eigenvalue weighted by molar-refractivity contribution is 5.78. The Balaban J connectivity index is 1.34. The Kier molecular flexibility index (Phi) is 6.17. The number of nitrogens with one attached hydrogen (secondary N) is 1. The van der Waals surface area contributed by atoms with Crippen molar-refractivity contribution in [2.24, 2.45) is 0 Å². The summed E-state index contributed by atoms with van der Waals surface area (Å²) in [6.07, 6.45) is 1.58. The lowest BCUT2D eigenvalue weighted by atomic mass is 9.96. The van der Waals surface area contributed by atoms with Crippen LogP contribution < -0.4 is 16.0 Å². The molecule has 4 aromatic rings. The molecule has 0 spiro atoms. The maximum atomic E-state index is 6.50. The second kappa shape index (κ2) is 9.71. The van der Waals surface area contributed by atoms with Gasteiger partial charge in [-0.25, -0.2) is 9.97 Å². The van der Waals surface area contributed by atoms with Crippen molar-refractivity contribution in [1.29, 1.82) is 0 Å². The lowest BCUT2D eigenvalue weighted by Crippen LogP contribution is -2.48. The van der Waals surface area contributed by atoms with Crippen molar-refractivity contribution in [3.63, 3.8) is 0 Å². The van der Waals surface area contributed by atoms with Gasteiger partial charge in [0.1, 0.15) is 12.0 Å². The average Bonchev–Trinajstić information content (AvgIpc) is 2.88. The molecule has 3 aromatic carbocycles. The first kappa shape index (κ1) is 21.0. The molecular weight excluding hydrogens is 408 g/mol. The minimum Gasteiger partial charge on any atom is -0.393 e. The van der Waals surface area contributed by atoms with Gasteiger partial charge < -0.3 is 16.0 Å². The van der Waals surface area contributed by atoms with E-state index >= 15 is 0 Å². The van der Waals surface area contributed by atoms with Crippen molar-refractivity contribution in [3.8, 4) is 0 Å². The van der Waals surface area contributed by atoms with Crippen LogP contribution in [-0.4, -0.2) is 41.0 Å². The Morgan fingerprint density at radius 1 is 0.697 bits per heavy atom. The molecule has 1 aromatic heterocycles. The third kappa shape index (κ3) is 4.66. The van der Waals surface area contributed by atoms with E-state index in [-0.39, 0.29) is 6.04 Å². The fraction of sp³-hybridized carbons (Fsp3) is 0.185. The number of hydrogen-bond donors (Lipinski definition) is 2. The highest BCUT2D eigenvalue weighted by Crippen LogP contribution is 2.32. The summed E-state index contributed by atoms with van der Waals surface area (Å²) in [6, 6.07) is 31.6. The zero-order valence-electron chi connectivity index (χ0n) is 18.5. The highest BCUT2D eigenvalue weighted by atomic mass is 15.3. The Labute approximate surface area is 194 Å². The molecule has 1 aliphatic rings. The van der Waals surface area contributed by atoms with E-state index in [1.54, 1.807) is 6.33 Å². The number of aromatic nitrogens is 2. The minimum atomic E-state index is 0.229. The van der Waals surface area contributed by atoms with Crippen LogP contribution >= 0.6 is 0 Å². The molecule has 3 N–H and O–H groups in total. The number of benzene rings is 3. The molecule has 0 saturated carbocycles. The molecule has 1 saturated heterocycles. The Morgan fingerprint density at radius 2 is 1.24 bits per heavy atom. The summed E-state index contributed by atoms with van der Waals surface area (Å²) < 4.78 is 0. The standard InChI is InChI=1S/C27H28N6/c28-24-26(31-23-14-8-3-9-15-23)29-20-30-27(24)33-18-16-32(17-19-33)25(21-10-4-1-5-11-21)22-12-6-2-7-13-22/h1-15,20,25H,16-19,28H2,(H,29,30,31). The molecule has 0 radical (unpaired) electrons. The van der Waals surface area contributed by atoms with Gasteiger partial charge in [-0.05, 0) is 23.3 Å². The summed E-state index contributed by atoms with van der Waals surface area (Å²) in [5.41, 5.74) is 10.7. The number of nitrogens with zero attached hydrogens (tertiary/aromatic N) is 4. The van der Waals surface area contributed by atoms with E-state index in [4.69, 9.17) is 5.73 Å². The predicted octanol–water partition coefficient (Wildman–Crippen LogP) is 4.71. The van der Waals surface area contributed by atoms with Crippen molar-refractivity contribution >= 4 is 23.0 Å². The second-order valence-electron chi connectivity index (χ2n) is 8.20. The maximum Gasteiger partial charge on any atom is 0.159 e. The SMILES string of the molecule is Nc1c(Nc2ccccc2)ncnc1N1CCN(C(c2ccccc2)c2ccccc2)CC1. The molecule has 1 aliphatic heterocycles. The first-order valence-electron chi connectivity index (χ1n) is 11.3. The number of piperazine rings is 1. The van der Waals surface area contributed by atoms with Gasteiger partial charge in [0, 0.05) is 31.9 Å². The number of nitrogen functional groups attached to an aromatic ring is 1. The first-order chi connectivity index (χ1) is 16.3. The van der Waals surface area contributed by atoms with E-state index in [0.29, 0.717) is 11.5 Å². The zero-order valence-corrected chi connectivity index (χ0v) is 18.5. The first-order valence-corrected chi connectivity index (χ1v) is 11.3. The van der Waals surface area contributed by atoms with E-state index in [0.717, 1.165) is 37.7 Å². The van der Waals surface area contributed by atoms with E-state index in [9.17, 15) is 0 Å². The third-order valence-electron chi connectivity index (χ3n) is 6.11. The molecule has 6 nitrogen and oxygen atoms in total. The molecule has 0 amide bonds. The maximum absolute atomic E-state index is 6.50. The second-order valence-corrected chi connectivity index (χ2v) is 8.20. The van der Waals surface area contributed by atoms with Crippen LogP contribution in [0.5, 0.6) is 0 Å². The summed E-state index contributed by atoms with van der Waals surface area (Å²) in [5.74, 6) is 1.43. The minimum absolute atomic E-state index is 0.229. The smallest absolute Gasteiger partial charge is 0.159 e. The van der Waals surface area contributed by atoms with Gasteiger partial charge in [-0.15, -0.1) is 0 Å². The molecule has 1 fully saturated rings. The van der Waals surface area contributed by atoms with Gasteiger partial charge in [0.15, 0.2) is 11.6 Å². The number of anilines is 4. The largest absolute Gasteiger partial charge is 0.393 e. The van der Waals surface area contributed by atoms with Crippen LogP contribution in [0.1, 0.15) is 17.2 Å². The van der Waals surface area contributed by atoms with Crippen LogP contribution in [0, 0.1) is 0 Å². The third-order valence-corrected chi connectivity index (χ3v) is 6.11. The quantitative estimate of drug-likeness (QED) is 0.456. The summed E-state index contributed by atoms with van der Waals surface area (Å²) in [4.78, 5) is 13.7. The lowest BCUT2D eigenvalue weighted by molar-refractivity contribution is 0.212. The molecule has 0 unspecified atom stereocenters. The lowest BCUT2D eigenvalue weighted by Gasteiger charge is -2.40. The summed E-state index contributed by atoms with van der Waals surface area (Å²) in [7, 11) is 0. The Morgan fingerprint density at radius 3 is 1.82 bits per heavy atom. The molecule has 0 aliphatic carbocycles. The molecule has 166 valence electrons. The van der Waals surface area contributed by atoms with Gasteiger partial charge in [-0.2, -0.15) is 0 Å². The van der Waals surface area contributed by atoms with E-state index < -0.39 is 0 Å². The van der Waals surface area contributed by atoms with Crippen LogP contribution in [0.3, 0.4) is 0 Å². The normalized spacial score (nSPS) is 14.4. The van der Waals surface area contributed by atoms with Crippen molar-refractivity contribution in [3.05, 3.63) is 108 Å². The Hall–Kier alpha value is -3.90. The van der Waals surface area contributed by atoms with Crippen LogP contribution in [0.4, 0.5) is 23.0 Å². The average molecular weight is 437 g/mol. The summed E-state index contributed by atoms with van der Waals surface area (Å²) >= 11 is 0. The van der Waals surface area contributed by atoms with Crippen molar-refractivity contribution in [1.82, 2.24) is 14.9 Å². The number of rotatable bonds is 6. The van der Waals surface area contributed by atoms with E-state index in [1.807, 2.05) is 30.3 Å². The van der Waals surface area contributed by atoms with Gasteiger partial charge in [0.05, 0.1) is 6.04 Å². The Bertz CT molecular complexity index is 1120. The summed E-state index contributed by atoms with van der Waals surface area (Å²) in [6.45, 7) is 3.53. The monoisotopic (exact) mass is 436 g/mol. The van der Waals surface area contributed by atoms with Crippen LogP contribution in [0.25, 0.3) is 0 Å². The fourth-order valence-electron chi connectivity index (χ4n) is 4.47. The molecule has 0 bridgehead atoms. The van der Waals surface area contributed by atoms with Gasteiger partial charge in [-0.1, -0.05) is 78.9 Å². The van der Waals surface area contributed by atoms with Crippen LogP contribution in [0.15, 0.2) is 97.3 Å². The van der Waals surface area contributed by atoms with Gasteiger partial charge in [-0.3, -0.25) is 4.90 Å². The van der Waals surface area contributed by atoms with Crippen LogP contribution in [-0.2, 0) is 0 Å². The van der Waals surface area contributed by atoms with E-state index in [1.165, 1.54) is 11.1 Å². The fourth-order valence-corrected chi connectivity index (χ4v) is 4.47.